The minimum Gasteiger partial charge on any atom is -0.465 e. The number of benzene rings is 1. The normalized spacial score (nSPS) is 35.0. The van der Waals surface area contributed by atoms with Gasteiger partial charge in [-0.2, -0.15) is 0 Å². The fourth-order valence-corrected chi connectivity index (χ4v) is 4.88. The van der Waals surface area contributed by atoms with Crippen molar-refractivity contribution in [3.63, 3.8) is 0 Å². The third kappa shape index (κ3) is 2.60. The van der Waals surface area contributed by atoms with Crippen molar-refractivity contribution in [2.45, 2.75) is 33.8 Å². The smallest absolute Gasteiger partial charge is 0.302 e. The molecule has 0 aromatic heterocycles. The van der Waals surface area contributed by atoms with E-state index in [-0.39, 0.29) is 30.2 Å². The van der Waals surface area contributed by atoms with Crippen LogP contribution in [-0.2, 0) is 14.3 Å². The Morgan fingerprint density at radius 2 is 2.04 bits per heavy atom. The molecule has 0 amide bonds. The van der Waals surface area contributed by atoms with E-state index in [1.54, 1.807) is 0 Å². The molecule has 0 radical (unpaired) electrons. The number of ether oxygens (including phenoxy) is 4. The van der Waals surface area contributed by atoms with Crippen molar-refractivity contribution < 1.29 is 23.7 Å². The van der Waals surface area contributed by atoms with Gasteiger partial charge in [-0.3, -0.25) is 4.79 Å². The molecule has 1 fully saturated rings. The van der Waals surface area contributed by atoms with E-state index >= 15 is 0 Å². The summed E-state index contributed by atoms with van der Waals surface area (Å²) in [4.78, 5) is 11.4. The quantitative estimate of drug-likeness (QED) is 0.606. The van der Waals surface area contributed by atoms with Gasteiger partial charge < -0.3 is 18.9 Å². The minimum absolute atomic E-state index is 0.0336. The van der Waals surface area contributed by atoms with E-state index in [0.717, 1.165) is 17.1 Å². The first-order valence-electron chi connectivity index (χ1n) is 9.25. The van der Waals surface area contributed by atoms with Crippen LogP contribution in [0.2, 0.25) is 0 Å². The van der Waals surface area contributed by atoms with Crippen LogP contribution < -0.4 is 9.47 Å². The molecule has 1 aromatic rings. The summed E-state index contributed by atoms with van der Waals surface area (Å²) in [5.74, 6) is 2.21. The van der Waals surface area contributed by atoms with Crippen LogP contribution in [0.15, 0.2) is 29.8 Å². The van der Waals surface area contributed by atoms with E-state index in [4.69, 9.17) is 18.9 Å². The van der Waals surface area contributed by atoms with Crippen molar-refractivity contribution in [1.82, 2.24) is 0 Å². The Hall–Kier alpha value is -2.01. The second kappa shape index (κ2) is 6.31. The number of carbonyl (C=O) groups is 1. The molecule has 2 aliphatic heterocycles. The van der Waals surface area contributed by atoms with Gasteiger partial charge in [-0.05, 0) is 36.5 Å². The third-order valence-corrected chi connectivity index (χ3v) is 6.52. The number of allylic oxidation sites excluding steroid dienone is 1. The Kier molecular flexibility index (Phi) is 4.22. The van der Waals surface area contributed by atoms with Gasteiger partial charge in [0.1, 0.15) is 0 Å². The van der Waals surface area contributed by atoms with Crippen LogP contribution in [0, 0.1) is 23.2 Å². The van der Waals surface area contributed by atoms with E-state index in [2.05, 4.69) is 32.9 Å². The second-order valence-electron chi connectivity index (χ2n) is 7.87. The van der Waals surface area contributed by atoms with Crippen molar-refractivity contribution >= 4 is 5.97 Å². The molecule has 4 rings (SSSR count). The summed E-state index contributed by atoms with van der Waals surface area (Å²) in [6, 6.07) is 6.05. The molecule has 5 heteroatoms. The molecule has 3 aliphatic rings. The summed E-state index contributed by atoms with van der Waals surface area (Å²) in [5, 5.41) is 0. The fraction of sp³-hybridized carbons (Fsp3) is 0.571. The van der Waals surface area contributed by atoms with E-state index in [0.29, 0.717) is 25.0 Å². The van der Waals surface area contributed by atoms with Crippen LogP contribution in [0.3, 0.4) is 0 Å². The summed E-state index contributed by atoms with van der Waals surface area (Å²) in [6.07, 6.45) is 2.30. The van der Waals surface area contributed by atoms with Gasteiger partial charge in [0.2, 0.25) is 6.79 Å². The van der Waals surface area contributed by atoms with E-state index < -0.39 is 0 Å². The average molecular weight is 358 g/mol. The maximum Gasteiger partial charge on any atom is 0.302 e. The topological polar surface area (TPSA) is 54.0 Å². The lowest BCUT2D eigenvalue weighted by molar-refractivity contribution is -0.180. The lowest BCUT2D eigenvalue weighted by Crippen LogP contribution is -2.54. The summed E-state index contributed by atoms with van der Waals surface area (Å²) in [7, 11) is 0. The Bertz CT molecular complexity index is 755. The van der Waals surface area contributed by atoms with Crippen molar-refractivity contribution in [3.05, 3.63) is 35.4 Å². The molecular weight excluding hydrogens is 332 g/mol. The van der Waals surface area contributed by atoms with Gasteiger partial charge in [0, 0.05) is 18.3 Å². The highest BCUT2D eigenvalue weighted by Crippen LogP contribution is 2.56. The molecule has 0 N–H and O–H groups in total. The molecular formula is C21H26O5. The molecule has 1 aromatic carbocycles. The summed E-state index contributed by atoms with van der Waals surface area (Å²) in [6.45, 7) is 9.36. The van der Waals surface area contributed by atoms with Crippen LogP contribution in [0.5, 0.6) is 11.5 Å². The molecule has 2 heterocycles. The maximum atomic E-state index is 11.4. The molecule has 1 aliphatic carbocycles. The van der Waals surface area contributed by atoms with Gasteiger partial charge in [-0.15, -0.1) is 0 Å². The lowest BCUT2D eigenvalue weighted by Gasteiger charge is -2.55. The highest BCUT2D eigenvalue weighted by atomic mass is 16.7. The lowest BCUT2D eigenvalue weighted by atomic mass is 9.56. The molecule has 5 atom stereocenters. The number of hydrogen-bond donors (Lipinski definition) is 0. The average Bonchev–Trinajstić information content (AvgIpc) is 3.06. The largest absolute Gasteiger partial charge is 0.465 e. The van der Waals surface area contributed by atoms with Gasteiger partial charge in [-0.1, -0.05) is 31.6 Å². The van der Waals surface area contributed by atoms with Gasteiger partial charge in [0.25, 0.3) is 0 Å². The van der Waals surface area contributed by atoms with Crippen molar-refractivity contribution in [3.8, 4) is 11.5 Å². The maximum absolute atomic E-state index is 11.4. The molecule has 0 saturated carbocycles. The molecule has 5 unspecified atom stereocenters. The Balaban J connectivity index is 1.67. The Morgan fingerprint density at radius 1 is 1.27 bits per heavy atom. The monoisotopic (exact) mass is 358 g/mol. The first-order chi connectivity index (χ1) is 12.4. The fourth-order valence-electron chi connectivity index (χ4n) is 4.88. The SMILES string of the molecule is CC(=O)OCC12COC(c3ccc4c(c3)OCO4)C(C(C)=CC1C)C2C. The van der Waals surface area contributed by atoms with Crippen molar-refractivity contribution in [2.75, 3.05) is 20.0 Å². The van der Waals surface area contributed by atoms with Gasteiger partial charge in [0.05, 0.1) is 19.3 Å². The van der Waals surface area contributed by atoms with Gasteiger partial charge >= 0.3 is 5.97 Å². The van der Waals surface area contributed by atoms with Crippen molar-refractivity contribution in [1.29, 1.82) is 0 Å². The van der Waals surface area contributed by atoms with Crippen LogP contribution in [0.25, 0.3) is 0 Å². The molecule has 5 nitrogen and oxygen atoms in total. The number of carbonyl (C=O) groups excluding carboxylic acids is 1. The summed E-state index contributed by atoms with van der Waals surface area (Å²) < 4.78 is 22.8. The number of esters is 1. The number of hydrogen-bond acceptors (Lipinski definition) is 5. The van der Waals surface area contributed by atoms with Crippen LogP contribution in [0.4, 0.5) is 0 Å². The number of fused-ring (bicyclic) bond motifs is 3. The minimum atomic E-state index is -0.237. The summed E-state index contributed by atoms with van der Waals surface area (Å²) >= 11 is 0. The van der Waals surface area contributed by atoms with Crippen LogP contribution >= 0.6 is 0 Å². The second-order valence-corrected chi connectivity index (χ2v) is 7.87. The number of rotatable bonds is 3. The predicted octanol–water partition coefficient (Wildman–Crippen LogP) is 3.88. The molecule has 26 heavy (non-hydrogen) atoms. The van der Waals surface area contributed by atoms with Crippen LogP contribution in [0.1, 0.15) is 39.4 Å². The zero-order valence-electron chi connectivity index (χ0n) is 15.8. The molecule has 1 saturated heterocycles. The zero-order chi connectivity index (χ0) is 18.5. The summed E-state index contributed by atoms with van der Waals surface area (Å²) in [5.41, 5.74) is 2.27. The highest BCUT2D eigenvalue weighted by Gasteiger charge is 2.54. The standard InChI is InChI=1S/C21H26O5/c1-12-7-13(2)21(9-23-15(4)22)10-24-20(19(12)14(21)3)16-5-6-17-18(8-16)26-11-25-17/h5-8,13-14,19-20H,9-11H2,1-4H3. The third-order valence-electron chi connectivity index (χ3n) is 6.52. The Labute approximate surface area is 154 Å². The van der Waals surface area contributed by atoms with E-state index in [1.807, 2.05) is 12.1 Å². The molecule has 140 valence electrons. The molecule has 2 bridgehead atoms. The molecule has 0 spiro atoms. The highest BCUT2D eigenvalue weighted by molar-refractivity contribution is 5.66. The zero-order valence-corrected chi connectivity index (χ0v) is 15.8. The van der Waals surface area contributed by atoms with Gasteiger partial charge in [0.15, 0.2) is 11.5 Å². The van der Waals surface area contributed by atoms with Crippen LogP contribution in [-0.4, -0.2) is 26.0 Å². The van der Waals surface area contributed by atoms with E-state index in [1.165, 1.54) is 12.5 Å². The first kappa shape index (κ1) is 17.4. The first-order valence-corrected chi connectivity index (χ1v) is 9.25. The van der Waals surface area contributed by atoms with Crippen molar-refractivity contribution in [2.24, 2.45) is 23.2 Å². The Morgan fingerprint density at radius 3 is 2.81 bits per heavy atom. The predicted molar refractivity (Wildman–Crippen MR) is 95.9 cm³/mol. The van der Waals surface area contributed by atoms with E-state index in [9.17, 15) is 4.79 Å². The van der Waals surface area contributed by atoms with Gasteiger partial charge in [-0.25, -0.2) is 0 Å².